The highest BCUT2D eigenvalue weighted by Gasteiger charge is 2.14. The molecule has 18 heavy (non-hydrogen) atoms. The molecule has 0 unspecified atom stereocenters. The van der Waals surface area contributed by atoms with E-state index in [2.05, 4.69) is 36.4 Å². The van der Waals surface area contributed by atoms with Crippen LogP contribution in [0.4, 0.5) is 5.69 Å². The van der Waals surface area contributed by atoms with Crippen molar-refractivity contribution >= 4 is 27.5 Å². The second-order valence-corrected chi connectivity index (χ2v) is 4.46. The zero-order chi connectivity index (χ0) is 13.1. The number of halogens is 1. The number of aromatic amines is 1. The normalized spacial score (nSPS) is 10.2. The van der Waals surface area contributed by atoms with Gasteiger partial charge in [0.2, 0.25) is 5.82 Å². The monoisotopic (exact) mass is 310 g/mol. The third-order valence-corrected chi connectivity index (χ3v) is 2.70. The van der Waals surface area contributed by atoms with Gasteiger partial charge < -0.3 is 10.1 Å². The molecule has 0 fully saturated rings. The van der Waals surface area contributed by atoms with E-state index in [0.29, 0.717) is 17.3 Å². The van der Waals surface area contributed by atoms with Gasteiger partial charge in [0, 0.05) is 4.47 Å². The molecule has 0 atom stereocenters. The molecule has 0 saturated carbocycles. The van der Waals surface area contributed by atoms with Crippen LogP contribution in [-0.4, -0.2) is 28.2 Å². The quantitative estimate of drug-likeness (QED) is 0.910. The molecule has 2 N–H and O–H groups in total. The van der Waals surface area contributed by atoms with Gasteiger partial charge in [0.25, 0.3) is 5.91 Å². The summed E-state index contributed by atoms with van der Waals surface area (Å²) < 4.78 is 6.00. The number of methoxy groups -OCH3 is 1. The Morgan fingerprint density at radius 1 is 1.50 bits per heavy atom. The van der Waals surface area contributed by atoms with E-state index in [1.807, 2.05) is 6.07 Å². The lowest BCUT2D eigenvalue weighted by molar-refractivity contribution is 0.101. The molecule has 0 bridgehead atoms. The molecule has 1 amide bonds. The van der Waals surface area contributed by atoms with Crippen LogP contribution >= 0.6 is 15.9 Å². The van der Waals surface area contributed by atoms with E-state index >= 15 is 0 Å². The van der Waals surface area contributed by atoms with Gasteiger partial charge in [-0.3, -0.25) is 9.89 Å². The molecular weight excluding hydrogens is 300 g/mol. The summed E-state index contributed by atoms with van der Waals surface area (Å²) in [5.74, 6) is 0.852. The first-order valence-electron chi connectivity index (χ1n) is 5.14. The average Bonchev–Trinajstić information content (AvgIpc) is 2.76. The van der Waals surface area contributed by atoms with Crippen LogP contribution in [-0.2, 0) is 0 Å². The predicted molar refractivity (Wildman–Crippen MR) is 69.8 cm³/mol. The number of nitrogens with one attached hydrogen (secondary N) is 2. The van der Waals surface area contributed by atoms with Crippen LogP contribution in [0.3, 0.4) is 0 Å². The van der Waals surface area contributed by atoms with Crippen molar-refractivity contribution in [2.24, 2.45) is 0 Å². The molecule has 6 nitrogen and oxygen atoms in total. The molecule has 2 rings (SSSR count). The van der Waals surface area contributed by atoms with Crippen molar-refractivity contribution in [2.45, 2.75) is 6.92 Å². The van der Waals surface area contributed by atoms with Crippen LogP contribution in [0.1, 0.15) is 16.4 Å². The number of nitrogens with zero attached hydrogens (tertiary/aromatic N) is 2. The number of anilines is 1. The average molecular weight is 311 g/mol. The number of benzene rings is 1. The zero-order valence-corrected chi connectivity index (χ0v) is 11.4. The summed E-state index contributed by atoms with van der Waals surface area (Å²) in [6.45, 7) is 1.73. The summed E-state index contributed by atoms with van der Waals surface area (Å²) in [6.07, 6.45) is 0. The smallest absolute Gasteiger partial charge is 0.295 e. The molecule has 0 spiro atoms. The van der Waals surface area contributed by atoms with Crippen LogP contribution in [0.5, 0.6) is 5.75 Å². The molecule has 1 aromatic heterocycles. The van der Waals surface area contributed by atoms with Gasteiger partial charge in [0.05, 0.1) is 12.8 Å². The van der Waals surface area contributed by atoms with E-state index in [1.165, 1.54) is 7.11 Å². The van der Waals surface area contributed by atoms with Crippen LogP contribution in [0.25, 0.3) is 0 Å². The Hall–Kier alpha value is -1.89. The van der Waals surface area contributed by atoms with Crippen molar-refractivity contribution in [3.05, 3.63) is 34.3 Å². The van der Waals surface area contributed by atoms with Gasteiger partial charge >= 0.3 is 0 Å². The lowest BCUT2D eigenvalue weighted by Gasteiger charge is -2.09. The van der Waals surface area contributed by atoms with E-state index in [9.17, 15) is 4.79 Å². The van der Waals surface area contributed by atoms with Crippen molar-refractivity contribution in [3.63, 3.8) is 0 Å². The number of H-pyrrole nitrogens is 1. The molecule has 1 heterocycles. The van der Waals surface area contributed by atoms with Gasteiger partial charge in [-0.15, -0.1) is 5.10 Å². The van der Waals surface area contributed by atoms with Crippen LogP contribution < -0.4 is 10.1 Å². The topological polar surface area (TPSA) is 79.9 Å². The highest BCUT2D eigenvalue weighted by molar-refractivity contribution is 9.10. The van der Waals surface area contributed by atoms with E-state index in [-0.39, 0.29) is 5.82 Å². The highest BCUT2D eigenvalue weighted by atomic mass is 79.9. The third-order valence-electron chi connectivity index (χ3n) is 2.21. The minimum absolute atomic E-state index is 0.0922. The van der Waals surface area contributed by atoms with Gasteiger partial charge in [-0.1, -0.05) is 15.9 Å². The van der Waals surface area contributed by atoms with Gasteiger partial charge in [-0.2, -0.15) is 0 Å². The van der Waals surface area contributed by atoms with Crippen molar-refractivity contribution in [3.8, 4) is 5.75 Å². The van der Waals surface area contributed by atoms with Crippen molar-refractivity contribution in [1.82, 2.24) is 15.2 Å². The first kappa shape index (κ1) is 12.6. The fourth-order valence-electron chi connectivity index (χ4n) is 1.40. The lowest BCUT2D eigenvalue weighted by atomic mass is 10.3. The van der Waals surface area contributed by atoms with Gasteiger partial charge in [-0.25, -0.2) is 4.98 Å². The van der Waals surface area contributed by atoms with Gasteiger partial charge in [0.1, 0.15) is 11.6 Å². The minimum atomic E-state index is -0.393. The summed E-state index contributed by atoms with van der Waals surface area (Å²) in [4.78, 5) is 15.8. The van der Waals surface area contributed by atoms with Gasteiger partial charge in [-0.05, 0) is 25.1 Å². The predicted octanol–water partition coefficient (Wildman–Crippen LogP) is 2.14. The molecule has 0 aliphatic rings. The molecular formula is C11H11BrN4O2. The molecule has 0 saturated heterocycles. The summed E-state index contributed by atoms with van der Waals surface area (Å²) >= 11 is 3.33. The fourth-order valence-corrected chi connectivity index (χ4v) is 1.76. The molecule has 0 radical (unpaired) electrons. The molecule has 0 aliphatic carbocycles. The fraction of sp³-hybridized carbons (Fsp3) is 0.182. The zero-order valence-electron chi connectivity index (χ0n) is 9.82. The second-order valence-electron chi connectivity index (χ2n) is 3.54. The number of hydrogen-bond acceptors (Lipinski definition) is 4. The second kappa shape index (κ2) is 5.18. The standard InChI is InChI=1S/C11H11BrN4O2/c1-6-13-10(16-15-6)11(17)14-8-5-7(12)3-4-9(8)18-2/h3-5H,1-2H3,(H,14,17)(H,13,15,16). The number of ether oxygens (including phenoxy) is 1. The number of carbonyl (C=O) groups excluding carboxylic acids is 1. The molecule has 1 aromatic carbocycles. The summed E-state index contributed by atoms with van der Waals surface area (Å²) in [5, 5.41) is 9.09. The van der Waals surface area contributed by atoms with Crippen molar-refractivity contribution < 1.29 is 9.53 Å². The van der Waals surface area contributed by atoms with E-state index in [4.69, 9.17) is 4.74 Å². The number of amides is 1. The number of hydrogen-bond donors (Lipinski definition) is 2. The lowest BCUT2D eigenvalue weighted by Crippen LogP contribution is -2.14. The minimum Gasteiger partial charge on any atom is -0.495 e. The first-order valence-corrected chi connectivity index (χ1v) is 5.93. The Balaban J connectivity index is 2.23. The molecule has 94 valence electrons. The van der Waals surface area contributed by atoms with E-state index in [1.54, 1.807) is 19.1 Å². The van der Waals surface area contributed by atoms with Crippen LogP contribution in [0.2, 0.25) is 0 Å². The Bertz CT molecular complexity index is 582. The Labute approximate surface area is 112 Å². The van der Waals surface area contributed by atoms with Gasteiger partial charge in [0.15, 0.2) is 0 Å². The summed E-state index contributed by atoms with van der Waals surface area (Å²) in [5.41, 5.74) is 0.555. The molecule has 7 heteroatoms. The maximum absolute atomic E-state index is 11.9. The van der Waals surface area contributed by atoms with Crippen LogP contribution in [0, 0.1) is 6.92 Å². The van der Waals surface area contributed by atoms with Crippen molar-refractivity contribution in [2.75, 3.05) is 12.4 Å². The van der Waals surface area contributed by atoms with E-state index < -0.39 is 5.91 Å². The number of aryl methyl sites for hydroxylation is 1. The molecule has 0 aliphatic heterocycles. The summed E-state index contributed by atoms with van der Waals surface area (Å²) in [6, 6.07) is 5.32. The van der Waals surface area contributed by atoms with E-state index in [0.717, 1.165) is 4.47 Å². The summed E-state index contributed by atoms with van der Waals surface area (Å²) in [7, 11) is 1.54. The van der Waals surface area contributed by atoms with Crippen molar-refractivity contribution in [1.29, 1.82) is 0 Å². The largest absolute Gasteiger partial charge is 0.495 e. The maximum atomic E-state index is 11.9. The maximum Gasteiger partial charge on any atom is 0.295 e. The highest BCUT2D eigenvalue weighted by Crippen LogP contribution is 2.28. The number of aromatic nitrogens is 3. The first-order chi connectivity index (χ1) is 8.60. The number of rotatable bonds is 3. The Morgan fingerprint density at radius 2 is 2.28 bits per heavy atom. The Kier molecular flexibility index (Phi) is 3.61. The molecule has 2 aromatic rings. The number of carbonyl (C=O) groups is 1. The third kappa shape index (κ3) is 2.67. The Morgan fingerprint density at radius 3 is 2.89 bits per heavy atom. The SMILES string of the molecule is COc1ccc(Br)cc1NC(=O)c1n[nH]c(C)n1. The van der Waals surface area contributed by atoms with Crippen LogP contribution in [0.15, 0.2) is 22.7 Å².